The zero-order valence-electron chi connectivity index (χ0n) is 8.48. The molecule has 2 nitrogen and oxygen atoms in total. The summed E-state index contributed by atoms with van der Waals surface area (Å²) in [5.41, 5.74) is -1.50. The van der Waals surface area contributed by atoms with Gasteiger partial charge in [-0.05, 0) is 32.6 Å². The van der Waals surface area contributed by atoms with E-state index in [4.69, 9.17) is 0 Å². The second kappa shape index (κ2) is 3.44. The normalized spacial score (nSPS) is 34.4. The number of rotatable bonds is 0. The van der Waals surface area contributed by atoms with Gasteiger partial charge in [0.05, 0.1) is 5.71 Å². The number of oxime groups is 1. The van der Waals surface area contributed by atoms with Gasteiger partial charge >= 0.3 is 6.18 Å². The van der Waals surface area contributed by atoms with Crippen LogP contribution in [0.4, 0.5) is 13.2 Å². The molecule has 0 bridgehead atoms. The molecule has 0 aromatic carbocycles. The summed E-state index contributed by atoms with van der Waals surface area (Å²) in [6.45, 7) is 4.58. The van der Waals surface area contributed by atoms with Crippen molar-refractivity contribution in [2.45, 2.75) is 45.4 Å². The minimum Gasteiger partial charge on any atom is -0.380 e. The Morgan fingerprint density at radius 2 is 2.07 bits per heavy atom. The van der Waals surface area contributed by atoms with Gasteiger partial charge in [0.15, 0.2) is 0 Å². The molecule has 0 aromatic rings. The van der Waals surface area contributed by atoms with Crippen LogP contribution < -0.4 is 0 Å². The van der Waals surface area contributed by atoms with Crippen LogP contribution in [0.3, 0.4) is 0 Å². The smallest absolute Gasteiger partial charge is 0.380 e. The van der Waals surface area contributed by atoms with Crippen molar-refractivity contribution in [3.63, 3.8) is 0 Å². The average Bonchev–Trinajstić information content (AvgIpc) is 2.18. The fourth-order valence-corrected chi connectivity index (χ4v) is 1.20. The van der Waals surface area contributed by atoms with E-state index in [1.807, 2.05) is 6.92 Å². The van der Waals surface area contributed by atoms with Crippen LogP contribution in [-0.4, -0.2) is 17.5 Å². The molecule has 0 aromatic heterocycles. The van der Waals surface area contributed by atoms with Crippen LogP contribution in [-0.2, 0) is 4.84 Å². The fourth-order valence-electron chi connectivity index (χ4n) is 1.20. The average molecular weight is 209 g/mol. The molecule has 0 radical (unpaired) electrons. The first-order valence-electron chi connectivity index (χ1n) is 4.56. The third-order valence-corrected chi connectivity index (χ3v) is 2.76. The summed E-state index contributed by atoms with van der Waals surface area (Å²) in [6.07, 6.45) is -3.95. The van der Waals surface area contributed by atoms with Crippen molar-refractivity contribution in [1.29, 1.82) is 0 Å². The Kier molecular flexibility index (Phi) is 2.78. The van der Waals surface area contributed by atoms with Crippen LogP contribution in [0.25, 0.3) is 0 Å². The second-order valence-electron chi connectivity index (χ2n) is 3.99. The maximum atomic E-state index is 12.6. The summed E-state index contributed by atoms with van der Waals surface area (Å²) in [5.74, 6) is 0.0548. The zero-order chi connectivity index (χ0) is 11.0. The molecule has 1 heterocycles. The van der Waals surface area contributed by atoms with Crippen molar-refractivity contribution < 1.29 is 18.0 Å². The Labute approximate surface area is 81.1 Å². The molecule has 0 amide bonds. The molecule has 1 rings (SSSR count). The van der Waals surface area contributed by atoms with Gasteiger partial charge in [0.1, 0.15) is 0 Å². The van der Waals surface area contributed by atoms with E-state index in [0.29, 0.717) is 12.1 Å². The van der Waals surface area contributed by atoms with Crippen LogP contribution in [0, 0.1) is 5.92 Å². The molecule has 2 unspecified atom stereocenters. The number of hydrogen-bond acceptors (Lipinski definition) is 2. The maximum absolute atomic E-state index is 12.6. The predicted molar refractivity (Wildman–Crippen MR) is 47.1 cm³/mol. The van der Waals surface area contributed by atoms with Crippen molar-refractivity contribution in [2.24, 2.45) is 11.1 Å². The Hall–Kier alpha value is -0.740. The third kappa shape index (κ3) is 2.01. The van der Waals surface area contributed by atoms with Crippen LogP contribution in [0.1, 0.15) is 33.6 Å². The molecule has 1 aliphatic heterocycles. The molecule has 82 valence electrons. The molecule has 0 saturated heterocycles. The number of halogens is 3. The Morgan fingerprint density at radius 3 is 2.57 bits per heavy atom. The molecule has 1 aliphatic rings. The Morgan fingerprint density at radius 1 is 1.50 bits per heavy atom. The van der Waals surface area contributed by atoms with Gasteiger partial charge in [0.25, 0.3) is 0 Å². The van der Waals surface area contributed by atoms with Gasteiger partial charge in [-0.1, -0.05) is 12.1 Å². The minimum absolute atomic E-state index is 0.0431. The highest BCUT2D eigenvalue weighted by Crippen LogP contribution is 2.39. The van der Waals surface area contributed by atoms with Crippen LogP contribution >= 0.6 is 0 Å². The maximum Gasteiger partial charge on any atom is 0.430 e. The van der Waals surface area contributed by atoms with Crippen LogP contribution in [0.15, 0.2) is 5.16 Å². The van der Waals surface area contributed by atoms with Crippen molar-refractivity contribution in [3.05, 3.63) is 0 Å². The summed E-state index contributed by atoms with van der Waals surface area (Å²) >= 11 is 0. The van der Waals surface area contributed by atoms with Crippen molar-refractivity contribution in [1.82, 2.24) is 0 Å². The van der Waals surface area contributed by atoms with Crippen LogP contribution in [0.5, 0.6) is 0 Å². The third-order valence-electron chi connectivity index (χ3n) is 2.76. The van der Waals surface area contributed by atoms with E-state index in [-0.39, 0.29) is 12.3 Å². The van der Waals surface area contributed by atoms with Gasteiger partial charge in [0, 0.05) is 0 Å². The van der Waals surface area contributed by atoms with E-state index in [9.17, 15) is 13.2 Å². The SMILES string of the molecule is CC1=NOC(C)(C(F)(F)F)CCC1C. The fraction of sp³-hybridized carbons (Fsp3) is 0.889. The lowest BCUT2D eigenvalue weighted by molar-refractivity contribution is -0.272. The molecular formula is C9H14F3NO. The van der Waals surface area contributed by atoms with E-state index in [2.05, 4.69) is 9.99 Å². The first-order chi connectivity index (χ1) is 6.26. The summed E-state index contributed by atoms with van der Waals surface area (Å²) in [4.78, 5) is 4.60. The molecule has 5 heteroatoms. The van der Waals surface area contributed by atoms with Gasteiger partial charge in [-0.25, -0.2) is 0 Å². The molecule has 2 atom stereocenters. The van der Waals surface area contributed by atoms with Gasteiger partial charge in [-0.3, -0.25) is 0 Å². The molecule has 0 spiro atoms. The highest BCUT2D eigenvalue weighted by atomic mass is 19.4. The number of alkyl halides is 3. The first kappa shape index (κ1) is 11.3. The Bertz CT molecular complexity index is 249. The van der Waals surface area contributed by atoms with E-state index in [1.54, 1.807) is 6.92 Å². The molecular weight excluding hydrogens is 195 g/mol. The summed E-state index contributed by atoms with van der Waals surface area (Å²) < 4.78 is 37.7. The molecule has 0 fully saturated rings. The van der Waals surface area contributed by atoms with Gasteiger partial charge in [0.2, 0.25) is 5.60 Å². The second-order valence-corrected chi connectivity index (χ2v) is 3.99. The molecule has 0 saturated carbocycles. The minimum atomic E-state index is -4.36. The van der Waals surface area contributed by atoms with Crippen molar-refractivity contribution in [2.75, 3.05) is 0 Å². The summed E-state index contributed by atoms with van der Waals surface area (Å²) in [5, 5.41) is 3.52. The summed E-state index contributed by atoms with van der Waals surface area (Å²) in [6, 6.07) is 0. The number of hydrogen-bond donors (Lipinski definition) is 0. The van der Waals surface area contributed by atoms with Crippen molar-refractivity contribution >= 4 is 5.71 Å². The standard InChI is InChI=1S/C9H14F3NO/c1-6-4-5-8(3,9(10,11)12)14-13-7(6)2/h6H,4-5H2,1-3H3. The summed E-state index contributed by atoms with van der Waals surface area (Å²) in [7, 11) is 0. The Balaban J connectivity index is 2.86. The quantitative estimate of drug-likeness (QED) is 0.600. The van der Waals surface area contributed by atoms with Gasteiger partial charge < -0.3 is 4.84 Å². The highest BCUT2D eigenvalue weighted by molar-refractivity contribution is 5.83. The lowest BCUT2D eigenvalue weighted by Crippen LogP contribution is -2.43. The lowest BCUT2D eigenvalue weighted by atomic mass is 9.92. The van der Waals surface area contributed by atoms with E-state index >= 15 is 0 Å². The lowest BCUT2D eigenvalue weighted by Gasteiger charge is -2.28. The van der Waals surface area contributed by atoms with E-state index < -0.39 is 11.8 Å². The van der Waals surface area contributed by atoms with E-state index in [1.165, 1.54) is 0 Å². The zero-order valence-corrected chi connectivity index (χ0v) is 8.48. The molecule has 0 N–H and O–H groups in total. The predicted octanol–water partition coefficient (Wildman–Crippen LogP) is 3.13. The topological polar surface area (TPSA) is 21.6 Å². The highest BCUT2D eigenvalue weighted by Gasteiger charge is 2.54. The monoisotopic (exact) mass is 209 g/mol. The van der Waals surface area contributed by atoms with Gasteiger partial charge in [-0.2, -0.15) is 13.2 Å². The van der Waals surface area contributed by atoms with Crippen LogP contribution in [0.2, 0.25) is 0 Å². The van der Waals surface area contributed by atoms with Crippen molar-refractivity contribution in [3.8, 4) is 0 Å². The van der Waals surface area contributed by atoms with Gasteiger partial charge in [-0.15, -0.1) is 0 Å². The number of nitrogens with zero attached hydrogens (tertiary/aromatic N) is 1. The van der Waals surface area contributed by atoms with E-state index in [0.717, 1.165) is 6.92 Å². The molecule has 0 aliphatic carbocycles. The largest absolute Gasteiger partial charge is 0.430 e. The first-order valence-corrected chi connectivity index (χ1v) is 4.56. The molecule has 14 heavy (non-hydrogen) atoms.